The Balaban J connectivity index is 1.57. The van der Waals surface area contributed by atoms with Gasteiger partial charge in [-0.25, -0.2) is 0 Å². The van der Waals surface area contributed by atoms with Gasteiger partial charge in [0.05, 0.1) is 0 Å². The zero-order valence-electron chi connectivity index (χ0n) is 12.0. The smallest absolute Gasteiger partial charge is 0.0499 e. The lowest BCUT2D eigenvalue weighted by molar-refractivity contribution is 0.0786. The van der Waals surface area contributed by atoms with E-state index in [4.69, 9.17) is 11.6 Å². The molecular formula is C17H24ClNO. The van der Waals surface area contributed by atoms with Gasteiger partial charge in [0.25, 0.3) is 0 Å². The zero-order valence-corrected chi connectivity index (χ0v) is 12.8. The van der Waals surface area contributed by atoms with Gasteiger partial charge in [0.1, 0.15) is 0 Å². The molecule has 3 heteroatoms. The Bertz CT molecular complexity index is 468. The predicted octanol–water partition coefficient (Wildman–Crippen LogP) is 3.34. The van der Waals surface area contributed by atoms with Gasteiger partial charge in [-0.3, -0.25) is 0 Å². The molecule has 1 aromatic carbocycles. The Hall–Kier alpha value is -0.570. The van der Waals surface area contributed by atoms with Crippen LogP contribution in [0.25, 0.3) is 0 Å². The third kappa shape index (κ3) is 3.03. The fraction of sp³-hybridized carbons (Fsp3) is 0.647. The summed E-state index contributed by atoms with van der Waals surface area (Å²) in [6, 6.07) is 6.75. The van der Waals surface area contributed by atoms with Crippen LogP contribution >= 0.6 is 11.6 Å². The molecule has 0 spiro atoms. The summed E-state index contributed by atoms with van der Waals surface area (Å²) in [5.41, 5.74) is 2.94. The minimum Gasteiger partial charge on any atom is -0.396 e. The van der Waals surface area contributed by atoms with Gasteiger partial charge in [-0.05, 0) is 48.9 Å². The van der Waals surface area contributed by atoms with E-state index in [9.17, 15) is 5.11 Å². The molecule has 0 heterocycles. The first-order valence-electron chi connectivity index (χ1n) is 7.82. The lowest BCUT2D eigenvalue weighted by Crippen LogP contribution is -2.43. The molecule has 2 N–H and O–H groups in total. The van der Waals surface area contributed by atoms with E-state index in [1.165, 1.54) is 43.2 Å². The van der Waals surface area contributed by atoms with Gasteiger partial charge in [0.2, 0.25) is 0 Å². The maximum absolute atomic E-state index is 9.77. The largest absolute Gasteiger partial charge is 0.396 e. The lowest BCUT2D eigenvalue weighted by atomic mass is 9.74. The molecule has 2 aliphatic rings. The van der Waals surface area contributed by atoms with Crippen molar-refractivity contribution in [2.24, 2.45) is 5.41 Å². The van der Waals surface area contributed by atoms with Crippen LogP contribution in [0, 0.1) is 5.41 Å². The van der Waals surface area contributed by atoms with Gasteiger partial charge in [0, 0.05) is 29.6 Å². The van der Waals surface area contributed by atoms with E-state index >= 15 is 0 Å². The van der Waals surface area contributed by atoms with Crippen molar-refractivity contribution in [1.29, 1.82) is 0 Å². The molecule has 1 fully saturated rings. The molecule has 1 atom stereocenters. The van der Waals surface area contributed by atoms with Gasteiger partial charge in [-0.15, -0.1) is 0 Å². The van der Waals surface area contributed by atoms with E-state index in [-0.39, 0.29) is 5.41 Å². The second-order valence-corrected chi connectivity index (χ2v) is 7.05. The van der Waals surface area contributed by atoms with E-state index in [0.717, 1.165) is 24.4 Å². The molecule has 1 unspecified atom stereocenters. The summed E-state index contributed by atoms with van der Waals surface area (Å²) in [4.78, 5) is 0. The first-order valence-corrected chi connectivity index (χ1v) is 8.20. The average molecular weight is 294 g/mol. The molecule has 1 aromatic rings. The SMILES string of the molecule is OCC1(CNC2Cc3ccc(Cl)cc3C2)CCCCC1. The summed E-state index contributed by atoms with van der Waals surface area (Å²) < 4.78 is 0. The third-order valence-corrected chi connectivity index (χ3v) is 5.35. The number of hydrogen-bond donors (Lipinski definition) is 2. The van der Waals surface area contributed by atoms with Crippen molar-refractivity contribution in [3.63, 3.8) is 0 Å². The highest BCUT2D eigenvalue weighted by Crippen LogP contribution is 2.35. The van der Waals surface area contributed by atoms with Crippen LogP contribution in [0.3, 0.4) is 0 Å². The highest BCUT2D eigenvalue weighted by atomic mass is 35.5. The number of aliphatic hydroxyl groups excluding tert-OH is 1. The Kier molecular flexibility index (Phi) is 4.34. The monoisotopic (exact) mass is 293 g/mol. The summed E-state index contributed by atoms with van der Waals surface area (Å²) >= 11 is 6.06. The zero-order chi connectivity index (χ0) is 14.0. The summed E-state index contributed by atoms with van der Waals surface area (Å²) in [5.74, 6) is 0. The molecule has 0 saturated heterocycles. The van der Waals surface area contributed by atoms with Crippen molar-refractivity contribution in [1.82, 2.24) is 5.32 Å². The highest BCUT2D eigenvalue weighted by Gasteiger charge is 2.32. The minimum absolute atomic E-state index is 0.130. The molecular weight excluding hydrogens is 270 g/mol. The Morgan fingerprint density at radius 2 is 1.90 bits per heavy atom. The Morgan fingerprint density at radius 1 is 1.15 bits per heavy atom. The van der Waals surface area contributed by atoms with E-state index in [2.05, 4.69) is 17.4 Å². The molecule has 0 bridgehead atoms. The van der Waals surface area contributed by atoms with Crippen LogP contribution < -0.4 is 5.32 Å². The molecule has 2 aliphatic carbocycles. The van der Waals surface area contributed by atoms with Gasteiger partial charge in [-0.1, -0.05) is 36.9 Å². The minimum atomic E-state index is 0.130. The molecule has 0 aromatic heterocycles. The van der Waals surface area contributed by atoms with Crippen LogP contribution in [0.1, 0.15) is 43.2 Å². The van der Waals surface area contributed by atoms with Crippen LogP contribution in [-0.2, 0) is 12.8 Å². The van der Waals surface area contributed by atoms with E-state index in [1.807, 2.05) is 6.07 Å². The van der Waals surface area contributed by atoms with Crippen LogP contribution in [0.5, 0.6) is 0 Å². The number of fused-ring (bicyclic) bond motifs is 1. The second-order valence-electron chi connectivity index (χ2n) is 6.62. The van der Waals surface area contributed by atoms with Crippen molar-refractivity contribution in [2.45, 2.75) is 51.0 Å². The van der Waals surface area contributed by atoms with Gasteiger partial charge < -0.3 is 10.4 Å². The van der Waals surface area contributed by atoms with Gasteiger partial charge in [-0.2, -0.15) is 0 Å². The van der Waals surface area contributed by atoms with Gasteiger partial charge in [0.15, 0.2) is 0 Å². The number of aliphatic hydroxyl groups is 1. The maximum Gasteiger partial charge on any atom is 0.0499 e. The molecule has 2 nitrogen and oxygen atoms in total. The third-order valence-electron chi connectivity index (χ3n) is 5.12. The lowest BCUT2D eigenvalue weighted by Gasteiger charge is -2.36. The number of hydrogen-bond acceptors (Lipinski definition) is 2. The summed E-state index contributed by atoms with van der Waals surface area (Å²) in [6.45, 7) is 1.28. The molecule has 3 rings (SSSR count). The van der Waals surface area contributed by atoms with Crippen LogP contribution in [-0.4, -0.2) is 24.3 Å². The van der Waals surface area contributed by atoms with Crippen LogP contribution in [0.15, 0.2) is 18.2 Å². The first kappa shape index (κ1) is 14.4. The highest BCUT2D eigenvalue weighted by molar-refractivity contribution is 6.30. The molecule has 110 valence electrons. The summed E-state index contributed by atoms with van der Waals surface area (Å²) in [5, 5.41) is 14.3. The number of rotatable bonds is 4. The van der Waals surface area contributed by atoms with Crippen LogP contribution in [0.2, 0.25) is 5.02 Å². The summed E-state index contributed by atoms with van der Waals surface area (Å²) in [6.07, 6.45) is 8.36. The fourth-order valence-corrected chi connectivity index (χ4v) is 3.98. The van der Waals surface area contributed by atoms with E-state index in [0.29, 0.717) is 12.6 Å². The number of benzene rings is 1. The molecule has 0 aliphatic heterocycles. The van der Waals surface area contributed by atoms with Crippen molar-refractivity contribution in [3.8, 4) is 0 Å². The standard InChI is InChI=1S/C17H24ClNO/c18-15-5-4-13-9-16(10-14(13)8-15)19-11-17(12-20)6-2-1-3-7-17/h4-5,8,16,19-20H,1-3,6-7,9-12H2. The Labute approximate surface area is 126 Å². The Morgan fingerprint density at radius 3 is 2.65 bits per heavy atom. The summed E-state index contributed by atoms with van der Waals surface area (Å²) in [7, 11) is 0. The molecule has 0 amide bonds. The molecule has 20 heavy (non-hydrogen) atoms. The second kappa shape index (κ2) is 6.05. The van der Waals surface area contributed by atoms with Gasteiger partial charge >= 0.3 is 0 Å². The number of nitrogens with one attached hydrogen (secondary N) is 1. The molecule has 1 saturated carbocycles. The van der Waals surface area contributed by atoms with Crippen molar-refractivity contribution in [2.75, 3.05) is 13.2 Å². The topological polar surface area (TPSA) is 32.3 Å². The van der Waals surface area contributed by atoms with E-state index in [1.54, 1.807) is 0 Å². The van der Waals surface area contributed by atoms with Crippen molar-refractivity contribution >= 4 is 11.6 Å². The fourth-order valence-electron chi connectivity index (χ4n) is 3.78. The average Bonchev–Trinajstić information content (AvgIpc) is 2.88. The number of halogens is 1. The van der Waals surface area contributed by atoms with Crippen molar-refractivity contribution in [3.05, 3.63) is 34.3 Å². The first-order chi connectivity index (χ1) is 9.71. The maximum atomic E-state index is 9.77. The van der Waals surface area contributed by atoms with Crippen LogP contribution in [0.4, 0.5) is 0 Å². The quantitative estimate of drug-likeness (QED) is 0.892. The van der Waals surface area contributed by atoms with E-state index < -0.39 is 0 Å². The molecule has 0 radical (unpaired) electrons. The predicted molar refractivity (Wildman–Crippen MR) is 83.3 cm³/mol. The van der Waals surface area contributed by atoms with Crippen molar-refractivity contribution < 1.29 is 5.11 Å². The normalized spacial score (nSPS) is 24.6.